The number of furan rings is 1. The summed E-state index contributed by atoms with van der Waals surface area (Å²) in [5, 5.41) is 6.43. The predicted octanol–water partition coefficient (Wildman–Crippen LogP) is 1.98. The summed E-state index contributed by atoms with van der Waals surface area (Å²) in [4.78, 5) is 4.83. The van der Waals surface area contributed by atoms with Gasteiger partial charge in [-0.05, 0) is 36.8 Å². The van der Waals surface area contributed by atoms with E-state index >= 15 is 0 Å². The molecule has 0 amide bonds. The maximum Gasteiger partial charge on any atom is 0.191 e. The molecule has 1 heterocycles. The van der Waals surface area contributed by atoms with E-state index in [0.717, 1.165) is 30.2 Å². The molecule has 24 heavy (non-hydrogen) atoms. The number of aliphatic imine (C=N–C) groups is 1. The van der Waals surface area contributed by atoms with Crippen LogP contribution in [0.4, 0.5) is 0 Å². The van der Waals surface area contributed by atoms with Gasteiger partial charge >= 0.3 is 0 Å². The topological polar surface area (TPSA) is 83.7 Å². The number of rotatable bonds is 7. The van der Waals surface area contributed by atoms with E-state index in [1.54, 1.807) is 30.5 Å². The van der Waals surface area contributed by atoms with Crippen LogP contribution in [-0.4, -0.2) is 33.7 Å². The fourth-order valence-corrected chi connectivity index (χ4v) is 2.74. The Morgan fingerprint density at radius 3 is 2.50 bits per heavy atom. The van der Waals surface area contributed by atoms with E-state index in [9.17, 15) is 8.42 Å². The van der Waals surface area contributed by atoms with Gasteiger partial charge in [-0.1, -0.05) is 12.1 Å². The summed E-state index contributed by atoms with van der Waals surface area (Å²) in [5.41, 5.74) is 0.950. The minimum atomic E-state index is -3.16. The number of sulfone groups is 1. The fourth-order valence-electron chi connectivity index (χ4n) is 2.11. The van der Waals surface area contributed by atoms with Crippen LogP contribution in [0.2, 0.25) is 0 Å². The van der Waals surface area contributed by atoms with E-state index in [1.165, 1.54) is 6.26 Å². The van der Waals surface area contributed by atoms with Gasteiger partial charge in [-0.2, -0.15) is 0 Å². The van der Waals surface area contributed by atoms with Crippen LogP contribution in [0.25, 0.3) is 0 Å². The highest BCUT2D eigenvalue weighted by Gasteiger charge is 2.06. The lowest BCUT2D eigenvalue weighted by atomic mass is 10.2. The van der Waals surface area contributed by atoms with Gasteiger partial charge in [0, 0.05) is 25.8 Å². The molecular weight excluding hydrogens is 326 g/mol. The lowest BCUT2D eigenvalue weighted by molar-refractivity contribution is 0.507. The summed E-state index contributed by atoms with van der Waals surface area (Å²) < 4.78 is 28.2. The van der Waals surface area contributed by atoms with Crippen LogP contribution in [0.3, 0.4) is 0 Å². The van der Waals surface area contributed by atoms with Gasteiger partial charge in [0.05, 0.1) is 17.7 Å². The Labute approximate surface area is 142 Å². The van der Waals surface area contributed by atoms with E-state index < -0.39 is 9.84 Å². The second-order valence-corrected chi connectivity index (χ2v) is 7.38. The zero-order chi connectivity index (χ0) is 17.4. The standard InChI is InChI=1S/C17H23N3O3S/c1-3-18-17(19-11-10-15-5-4-12-23-15)20-13-14-6-8-16(9-7-14)24(2,21)22/h4-9,12H,3,10-11,13H2,1-2H3,(H2,18,19,20). The van der Waals surface area contributed by atoms with Crippen molar-refractivity contribution in [3.8, 4) is 0 Å². The molecule has 2 rings (SSSR count). The quantitative estimate of drug-likeness (QED) is 0.590. The molecular formula is C17H23N3O3S. The number of benzene rings is 1. The largest absolute Gasteiger partial charge is 0.469 e. The van der Waals surface area contributed by atoms with Gasteiger partial charge in [-0.3, -0.25) is 0 Å². The molecule has 1 aromatic heterocycles. The Balaban J connectivity index is 1.92. The lowest BCUT2D eigenvalue weighted by Gasteiger charge is -2.10. The number of nitrogens with one attached hydrogen (secondary N) is 2. The van der Waals surface area contributed by atoms with Crippen molar-refractivity contribution in [2.45, 2.75) is 24.8 Å². The maximum atomic E-state index is 11.5. The van der Waals surface area contributed by atoms with Crippen molar-refractivity contribution in [3.63, 3.8) is 0 Å². The molecule has 0 atom stereocenters. The van der Waals surface area contributed by atoms with Gasteiger partial charge in [0.1, 0.15) is 5.76 Å². The summed E-state index contributed by atoms with van der Waals surface area (Å²) in [6, 6.07) is 10.6. The average molecular weight is 349 g/mol. The van der Waals surface area contributed by atoms with Crippen molar-refractivity contribution in [1.82, 2.24) is 10.6 Å². The van der Waals surface area contributed by atoms with Gasteiger partial charge in [0.2, 0.25) is 0 Å². The van der Waals surface area contributed by atoms with Gasteiger partial charge < -0.3 is 15.1 Å². The van der Waals surface area contributed by atoms with Crippen molar-refractivity contribution in [2.75, 3.05) is 19.3 Å². The van der Waals surface area contributed by atoms with E-state index in [0.29, 0.717) is 18.0 Å². The Kier molecular flexibility index (Phi) is 6.43. The molecule has 130 valence electrons. The third-order valence-electron chi connectivity index (χ3n) is 3.36. The van der Waals surface area contributed by atoms with Crippen LogP contribution in [-0.2, 0) is 22.8 Å². The molecule has 2 aromatic rings. The van der Waals surface area contributed by atoms with Crippen molar-refractivity contribution >= 4 is 15.8 Å². The molecule has 0 aliphatic rings. The highest BCUT2D eigenvalue weighted by molar-refractivity contribution is 7.90. The molecule has 0 spiro atoms. The highest BCUT2D eigenvalue weighted by Crippen LogP contribution is 2.11. The Hall–Kier alpha value is -2.28. The summed E-state index contributed by atoms with van der Waals surface area (Å²) in [6.45, 7) is 3.96. The van der Waals surface area contributed by atoms with Gasteiger partial charge in [-0.25, -0.2) is 13.4 Å². The number of nitrogens with zero attached hydrogens (tertiary/aromatic N) is 1. The third-order valence-corrected chi connectivity index (χ3v) is 4.49. The molecule has 1 aromatic carbocycles. The molecule has 0 saturated carbocycles. The summed E-state index contributed by atoms with van der Waals surface area (Å²) in [6.07, 6.45) is 3.64. The molecule has 7 heteroatoms. The van der Waals surface area contributed by atoms with Crippen molar-refractivity contribution in [1.29, 1.82) is 0 Å². The van der Waals surface area contributed by atoms with Crippen LogP contribution >= 0.6 is 0 Å². The second-order valence-electron chi connectivity index (χ2n) is 5.37. The van der Waals surface area contributed by atoms with E-state index in [4.69, 9.17) is 4.42 Å². The minimum absolute atomic E-state index is 0.318. The van der Waals surface area contributed by atoms with Crippen LogP contribution < -0.4 is 10.6 Å². The van der Waals surface area contributed by atoms with Crippen LogP contribution in [0.15, 0.2) is 57.0 Å². The van der Waals surface area contributed by atoms with E-state index in [1.807, 2.05) is 19.1 Å². The molecule has 0 aliphatic carbocycles. The summed E-state index contributed by atoms with van der Waals surface area (Å²) >= 11 is 0. The van der Waals surface area contributed by atoms with Gasteiger partial charge in [0.25, 0.3) is 0 Å². The van der Waals surface area contributed by atoms with Gasteiger partial charge in [-0.15, -0.1) is 0 Å². The van der Waals surface area contributed by atoms with Crippen molar-refractivity contribution in [2.24, 2.45) is 4.99 Å². The van der Waals surface area contributed by atoms with E-state index in [2.05, 4.69) is 15.6 Å². The highest BCUT2D eigenvalue weighted by atomic mass is 32.2. The molecule has 2 N–H and O–H groups in total. The molecule has 0 bridgehead atoms. The average Bonchev–Trinajstić information content (AvgIpc) is 3.05. The fraction of sp³-hybridized carbons (Fsp3) is 0.353. The second kappa shape index (κ2) is 8.54. The van der Waals surface area contributed by atoms with Crippen molar-refractivity contribution in [3.05, 3.63) is 54.0 Å². The smallest absolute Gasteiger partial charge is 0.191 e. The van der Waals surface area contributed by atoms with Crippen LogP contribution in [0.1, 0.15) is 18.2 Å². The Morgan fingerprint density at radius 2 is 1.92 bits per heavy atom. The number of hydrogen-bond acceptors (Lipinski definition) is 4. The summed E-state index contributed by atoms with van der Waals surface area (Å²) in [5.74, 6) is 1.64. The minimum Gasteiger partial charge on any atom is -0.469 e. The molecule has 0 fully saturated rings. The zero-order valence-corrected chi connectivity index (χ0v) is 14.8. The first-order valence-corrected chi connectivity index (χ1v) is 9.71. The monoisotopic (exact) mass is 349 g/mol. The predicted molar refractivity (Wildman–Crippen MR) is 94.8 cm³/mol. The lowest BCUT2D eigenvalue weighted by Crippen LogP contribution is -2.38. The molecule has 0 radical (unpaired) electrons. The molecule has 6 nitrogen and oxygen atoms in total. The summed E-state index contributed by atoms with van der Waals surface area (Å²) in [7, 11) is -3.16. The Bertz CT molecular complexity index is 751. The van der Waals surface area contributed by atoms with E-state index in [-0.39, 0.29) is 0 Å². The first-order chi connectivity index (χ1) is 11.5. The maximum absolute atomic E-state index is 11.5. The molecule has 0 saturated heterocycles. The van der Waals surface area contributed by atoms with Gasteiger partial charge in [0.15, 0.2) is 15.8 Å². The first kappa shape index (κ1) is 18.1. The van der Waals surface area contributed by atoms with Crippen molar-refractivity contribution < 1.29 is 12.8 Å². The third kappa shape index (κ3) is 5.73. The zero-order valence-electron chi connectivity index (χ0n) is 14.0. The molecule has 0 aliphatic heterocycles. The number of hydrogen-bond donors (Lipinski definition) is 2. The SMILES string of the molecule is CCNC(=NCc1ccc(S(C)(=O)=O)cc1)NCCc1ccco1. The number of guanidine groups is 1. The normalized spacial score (nSPS) is 12.2. The Morgan fingerprint density at radius 1 is 1.17 bits per heavy atom. The first-order valence-electron chi connectivity index (χ1n) is 7.82. The molecule has 0 unspecified atom stereocenters. The van der Waals surface area contributed by atoms with Crippen LogP contribution in [0.5, 0.6) is 0 Å². The van der Waals surface area contributed by atoms with Crippen LogP contribution in [0, 0.1) is 0 Å².